The molecule has 1 atom stereocenters. The van der Waals surface area contributed by atoms with Gasteiger partial charge in [0.25, 0.3) is 5.56 Å². The second kappa shape index (κ2) is 10.8. The molecular weight excluding hydrogens is 496 g/mol. The first kappa shape index (κ1) is 25.9. The smallest absolute Gasteiger partial charge is 0.338 e. The number of ether oxygens (including phenoxy) is 4. The lowest BCUT2D eigenvalue weighted by molar-refractivity contribution is -0.139. The summed E-state index contributed by atoms with van der Waals surface area (Å²) in [6.07, 6.45) is 1.77. The average molecular weight is 523 g/mol. The van der Waals surface area contributed by atoms with Crippen LogP contribution in [0.2, 0.25) is 0 Å². The minimum absolute atomic E-state index is 0.166. The third kappa shape index (κ3) is 5.19. The summed E-state index contributed by atoms with van der Waals surface area (Å²) in [4.78, 5) is 43.3. The summed E-state index contributed by atoms with van der Waals surface area (Å²) in [5.41, 5.74) is 1.77. The molecule has 9 nitrogen and oxygen atoms in total. The molecule has 2 heterocycles. The first-order valence-corrected chi connectivity index (χ1v) is 12.3. The van der Waals surface area contributed by atoms with E-state index in [0.29, 0.717) is 26.3 Å². The van der Waals surface area contributed by atoms with Crippen LogP contribution in [0, 0.1) is 0 Å². The predicted molar refractivity (Wildman–Crippen MR) is 138 cm³/mol. The zero-order valence-corrected chi connectivity index (χ0v) is 21.9. The van der Waals surface area contributed by atoms with Gasteiger partial charge in [-0.1, -0.05) is 29.5 Å². The fourth-order valence-corrected chi connectivity index (χ4v) is 5.10. The van der Waals surface area contributed by atoms with Crippen LogP contribution in [0.25, 0.3) is 6.08 Å². The third-order valence-electron chi connectivity index (χ3n) is 5.69. The van der Waals surface area contributed by atoms with Crippen LogP contribution in [0.15, 0.2) is 63.5 Å². The molecular formula is C27H26N2O7S. The van der Waals surface area contributed by atoms with Gasteiger partial charge in [0.2, 0.25) is 0 Å². The number of allylic oxidation sites excluding steroid dienone is 1. The van der Waals surface area contributed by atoms with Gasteiger partial charge in [-0.3, -0.25) is 14.2 Å². The average Bonchev–Trinajstić information content (AvgIpc) is 3.17. The minimum atomic E-state index is -0.825. The number of hydrogen-bond acceptors (Lipinski definition) is 9. The van der Waals surface area contributed by atoms with Gasteiger partial charge in [0.15, 0.2) is 16.3 Å². The lowest BCUT2D eigenvalue weighted by Crippen LogP contribution is -2.40. The molecule has 0 amide bonds. The number of methoxy groups -OCH3 is 2. The number of rotatable bonds is 7. The van der Waals surface area contributed by atoms with E-state index in [9.17, 15) is 14.4 Å². The van der Waals surface area contributed by atoms with Gasteiger partial charge >= 0.3 is 11.9 Å². The molecule has 10 heteroatoms. The summed E-state index contributed by atoms with van der Waals surface area (Å²) in [6, 6.07) is 11.4. The van der Waals surface area contributed by atoms with Crippen LogP contribution >= 0.6 is 11.3 Å². The molecule has 2 aromatic carbocycles. The highest BCUT2D eigenvalue weighted by Gasteiger charge is 2.34. The molecule has 0 N–H and O–H groups in total. The van der Waals surface area contributed by atoms with Crippen LogP contribution in [-0.4, -0.2) is 37.3 Å². The molecule has 0 aliphatic carbocycles. The molecule has 1 unspecified atom stereocenters. The van der Waals surface area contributed by atoms with E-state index >= 15 is 0 Å². The number of nitrogens with zero attached hydrogens (tertiary/aromatic N) is 2. The Morgan fingerprint density at radius 1 is 1.08 bits per heavy atom. The topological polar surface area (TPSA) is 105 Å². The van der Waals surface area contributed by atoms with Crippen molar-refractivity contribution in [2.24, 2.45) is 4.99 Å². The summed E-state index contributed by atoms with van der Waals surface area (Å²) < 4.78 is 23.1. The second-order valence-corrected chi connectivity index (χ2v) is 9.09. The third-order valence-corrected chi connectivity index (χ3v) is 6.67. The van der Waals surface area contributed by atoms with E-state index in [1.807, 2.05) is 24.3 Å². The molecule has 1 aromatic heterocycles. The van der Waals surface area contributed by atoms with Crippen LogP contribution in [0.1, 0.15) is 37.9 Å². The molecule has 0 bridgehead atoms. The van der Waals surface area contributed by atoms with Crippen LogP contribution < -0.4 is 29.1 Å². The molecule has 0 radical (unpaired) electrons. The number of fused-ring (bicyclic) bond motifs is 1. The van der Waals surface area contributed by atoms with Crippen molar-refractivity contribution in [2.75, 3.05) is 20.8 Å². The predicted octanol–water partition coefficient (Wildman–Crippen LogP) is 2.74. The maximum atomic E-state index is 13.7. The van der Waals surface area contributed by atoms with E-state index in [0.717, 1.165) is 5.56 Å². The molecule has 192 valence electrons. The summed E-state index contributed by atoms with van der Waals surface area (Å²) in [6.45, 7) is 4.88. The van der Waals surface area contributed by atoms with E-state index < -0.39 is 18.0 Å². The number of benzene rings is 2. The fraction of sp³-hybridized carbons (Fsp3) is 0.259. The first-order valence-electron chi connectivity index (χ1n) is 11.5. The lowest BCUT2D eigenvalue weighted by atomic mass is 9.95. The number of carbonyl (C=O) groups is 2. The SMILES string of the molecule is CCOC(=O)C1=C(C)N=c2s/c(=C\c3ccc(OC)cc3)c(=O)n2C1c1ccc(OC(C)=O)c(OC)c1. The van der Waals surface area contributed by atoms with Crippen LogP contribution in [-0.2, 0) is 14.3 Å². The van der Waals surface area contributed by atoms with Gasteiger partial charge in [-0.05, 0) is 55.3 Å². The van der Waals surface area contributed by atoms with Crippen LogP contribution in [0.5, 0.6) is 17.2 Å². The van der Waals surface area contributed by atoms with E-state index in [-0.39, 0.29) is 29.2 Å². The highest BCUT2D eigenvalue weighted by molar-refractivity contribution is 7.07. The van der Waals surface area contributed by atoms with Crippen molar-refractivity contribution in [3.63, 3.8) is 0 Å². The molecule has 0 saturated heterocycles. The Morgan fingerprint density at radius 2 is 1.81 bits per heavy atom. The Labute approximate surface area is 216 Å². The van der Waals surface area contributed by atoms with E-state index in [2.05, 4.69) is 4.99 Å². The van der Waals surface area contributed by atoms with Crippen molar-refractivity contribution in [1.29, 1.82) is 0 Å². The number of carbonyl (C=O) groups excluding carboxylic acids is 2. The minimum Gasteiger partial charge on any atom is -0.497 e. The monoisotopic (exact) mass is 522 g/mol. The van der Waals surface area contributed by atoms with Gasteiger partial charge in [-0.2, -0.15) is 0 Å². The number of thiazole rings is 1. The van der Waals surface area contributed by atoms with Gasteiger partial charge in [0.1, 0.15) is 5.75 Å². The molecule has 0 spiro atoms. The van der Waals surface area contributed by atoms with Gasteiger partial charge in [-0.15, -0.1) is 0 Å². The number of esters is 2. The zero-order chi connectivity index (χ0) is 26.7. The standard InChI is InChI=1S/C27H26N2O7S/c1-6-35-26(32)23-15(2)28-27-29(24(23)18-9-12-20(36-16(3)30)21(14-18)34-5)25(31)22(37-27)13-17-7-10-19(33-4)11-8-17/h7-14,24H,6H2,1-5H3/b22-13-. The van der Waals surface area contributed by atoms with Crippen LogP contribution in [0.4, 0.5) is 0 Å². The number of hydrogen-bond donors (Lipinski definition) is 0. The maximum Gasteiger partial charge on any atom is 0.338 e. The van der Waals surface area contributed by atoms with Crippen molar-refractivity contribution < 1.29 is 28.5 Å². The van der Waals surface area contributed by atoms with E-state index in [1.165, 1.54) is 29.9 Å². The van der Waals surface area contributed by atoms with Gasteiger partial charge in [0, 0.05) is 6.92 Å². The molecule has 1 aliphatic rings. The highest BCUT2D eigenvalue weighted by Crippen LogP contribution is 2.36. The van der Waals surface area contributed by atoms with Crippen molar-refractivity contribution in [3.05, 3.63) is 84.5 Å². The normalized spacial score (nSPS) is 15.1. The van der Waals surface area contributed by atoms with Crippen molar-refractivity contribution in [3.8, 4) is 17.2 Å². The van der Waals surface area contributed by atoms with Gasteiger partial charge in [-0.25, -0.2) is 9.79 Å². The molecule has 4 rings (SSSR count). The fourth-order valence-electron chi connectivity index (χ4n) is 4.05. The quantitative estimate of drug-likeness (QED) is 0.347. The Hall–Kier alpha value is -4.18. The lowest BCUT2D eigenvalue weighted by Gasteiger charge is -2.25. The Kier molecular flexibility index (Phi) is 7.58. The summed E-state index contributed by atoms with van der Waals surface area (Å²) in [5.74, 6) is 0.149. The highest BCUT2D eigenvalue weighted by atomic mass is 32.1. The zero-order valence-electron chi connectivity index (χ0n) is 21.1. The van der Waals surface area contributed by atoms with Crippen molar-refractivity contribution in [1.82, 2.24) is 4.57 Å². The maximum absolute atomic E-state index is 13.7. The molecule has 37 heavy (non-hydrogen) atoms. The largest absolute Gasteiger partial charge is 0.497 e. The first-order chi connectivity index (χ1) is 17.8. The Morgan fingerprint density at radius 3 is 2.43 bits per heavy atom. The molecule has 0 fully saturated rings. The van der Waals surface area contributed by atoms with E-state index in [4.69, 9.17) is 18.9 Å². The van der Waals surface area contributed by atoms with Crippen molar-refractivity contribution >= 4 is 29.4 Å². The van der Waals surface area contributed by atoms with Gasteiger partial charge < -0.3 is 18.9 Å². The molecule has 3 aromatic rings. The Balaban J connectivity index is 1.92. The number of aromatic nitrogens is 1. The molecule has 0 saturated carbocycles. The van der Waals surface area contributed by atoms with Gasteiger partial charge in [0.05, 0.1) is 42.7 Å². The Bertz CT molecular complexity index is 1570. The van der Waals surface area contributed by atoms with Crippen molar-refractivity contribution in [2.45, 2.75) is 26.8 Å². The summed E-state index contributed by atoms with van der Waals surface area (Å²) in [7, 11) is 3.03. The summed E-state index contributed by atoms with van der Waals surface area (Å²) in [5, 5.41) is 0. The van der Waals surface area contributed by atoms with Crippen LogP contribution in [0.3, 0.4) is 0 Å². The summed E-state index contributed by atoms with van der Waals surface area (Å²) >= 11 is 1.23. The second-order valence-electron chi connectivity index (χ2n) is 8.08. The molecule has 1 aliphatic heterocycles. The van der Waals surface area contributed by atoms with E-state index in [1.54, 1.807) is 45.2 Å².